The molecule has 1 saturated carbocycles. The quantitative estimate of drug-likeness (QED) is 0.481. The summed E-state index contributed by atoms with van der Waals surface area (Å²) in [6.07, 6.45) is 6.45. The maximum Gasteiger partial charge on any atom is 0.404 e. The number of primary amides is 1. The van der Waals surface area contributed by atoms with Crippen LogP contribution in [0.15, 0.2) is 30.5 Å². The number of nitrogens with one attached hydrogen (secondary N) is 2. The molecule has 0 saturated heterocycles. The summed E-state index contributed by atoms with van der Waals surface area (Å²) in [6, 6.07) is 3.69. The molecule has 2 bridgehead atoms. The number of methoxy groups -OCH3 is 1. The third-order valence-corrected chi connectivity index (χ3v) is 7.46. The van der Waals surface area contributed by atoms with Crippen LogP contribution < -0.4 is 21.1 Å². The van der Waals surface area contributed by atoms with Crippen LogP contribution in [0.5, 0.6) is 5.75 Å². The highest BCUT2D eigenvalue weighted by molar-refractivity contribution is 6.32. The molecule has 1 fully saturated rings. The van der Waals surface area contributed by atoms with Crippen molar-refractivity contribution in [2.45, 2.75) is 38.3 Å². The van der Waals surface area contributed by atoms with E-state index in [1.54, 1.807) is 7.11 Å². The molecule has 1 aromatic carbocycles. The van der Waals surface area contributed by atoms with Crippen LogP contribution >= 0.6 is 11.6 Å². The van der Waals surface area contributed by atoms with Crippen LogP contribution in [-0.2, 0) is 22.4 Å². The van der Waals surface area contributed by atoms with Gasteiger partial charge in [-0.25, -0.2) is 9.78 Å². The Balaban J connectivity index is 1.39. The molecule has 4 unspecified atom stereocenters. The van der Waals surface area contributed by atoms with Crippen LogP contribution in [0.3, 0.4) is 0 Å². The van der Waals surface area contributed by atoms with Crippen molar-refractivity contribution in [1.29, 1.82) is 0 Å². The molecule has 5 rings (SSSR count). The first-order valence-corrected chi connectivity index (χ1v) is 12.4. The fourth-order valence-corrected chi connectivity index (χ4v) is 5.53. The first-order valence-electron chi connectivity index (χ1n) is 12.0. The molecule has 2 aromatic rings. The second kappa shape index (κ2) is 9.85. The smallest absolute Gasteiger partial charge is 0.404 e. The number of hydrogen-bond donors (Lipinski definition) is 3. The lowest BCUT2D eigenvalue weighted by Crippen LogP contribution is -2.41. The van der Waals surface area contributed by atoms with Crippen LogP contribution in [0.2, 0.25) is 5.02 Å². The van der Waals surface area contributed by atoms with E-state index in [4.69, 9.17) is 26.8 Å². The van der Waals surface area contributed by atoms with Crippen LogP contribution in [0, 0.1) is 11.8 Å². The van der Waals surface area contributed by atoms with Crippen LogP contribution in [0.4, 0.5) is 22.2 Å². The van der Waals surface area contributed by atoms with Gasteiger partial charge in [-0.2, -0.15) is 4.98 Å². The van der Waals surface area contributed by atoms with Gasteiger partial charge in [0.05, 0.1) is 31.5 Å². The maximum absolute atomic E-state index is 12.5. The molecule has 2 aliphatic carbocycles. The van der Waals surface area contributed by atoms with Crippen LogP contribution in [-0.4, -0.2) is 59.2 Å². The van der Waals surface area contributed by atoms with Gasteiger partial charge in [0.2, 0.25) is 11.9 Å². The Kier molecular flexibility index (Phi) is 6.61. The van der Waals surface area contributed by atoms with Gasteiger partial charge >= 0.3 is 6.09 Å². The van der Waals surface area contributed by atoms with Crippen LogP contribution in [0.25, 0.3) is 0 Å². The first-order chi connectivity index (χ1) is 17.4. The summed E-state index contributed by atoms with van der Waals surface area (Å²) >= 11 is 6.42. The summed E-state index contributed by atoms with van der Waals surface area (Å²) < 4.78 is 11.0. The highest BCUT2D eigenvalue weighted by Crippen LogP contribution is 2.43. The minimum atomic E-state index is -0.803. The molecular formula is C25H29ClN6O4. The molecule has 1 aromatic heterocycles. The van der Waals surface area contributed by atoms with Gasteiger partial charge in [0.1, 0.15) is 16.9 Å². The zero-order valence-electron chi connectivity index (χ0n) is 20.2. The average Bonchev–Trinajstić information content (AvgIpc) is 3.40. The number of ether oxygens (including phenoxy) is 2. The van der Waals surface area contributed by atoms with Crippen molar-refractivity contribution in [2.75, 3.05) is 30.8 Å². The van der Waals surface area contributed by atoms with Gasteiger partial charge in [0.15, 0.2) is 5.82 Å². The molecule has 190 valence electrons. The van der Waals surface area contributed by atoms with E-state index in [1.807, 2.05) is 24.0 Å². The van der Waals surface area contributed by atoms with Crippen molar-refractivity contribution in [3.8, 4) is 5.75 Å². The van der Waals surface area contributed by atoms with E-state index >= 15 is 0 Å². The van der Waals surface area contributed by atoms with E-state index in [0.29, 0.717) is 47.7 Å². The molecule has 2 heterocycles. The summed E-state index contributed by atoms with van der Waals surface area (Å²) in [4.78, 5) is 34.8. The number of nitrogens with two attached hydrogens (primary N) is 1. The number of likely N-dealkylation sites (N-methyl/N-ethyl adjacent to an activating group) is 1. The molecule has 36 heavy (non-hydrogen) atoms. The Morgan fingerprint density at radius 3 is 2.83 bits per heavy atom. The number of amides is 2. The normalized spacial score (nSPS) is 24.3. The van der Waals surface area contributed by atoms with Crippen molar-refractivity contribution >= 4 is 41.1 Å². The van der Waals surface area contributed by atoms with Gasteiger partial charge in [-0.3, -0.25) is 4.79 Å². The minimum absolute atomic E-state index is 0.109. The standard InChI is InChI=1S/C25H29ClN6O4/c1-3-32-7-6-13-9-18(19(35-2)10-16(13)11-20(32)33)29-25-28-12-17(26)23(31-25)30-21-14-4-5-15(8-14)22(21)36-24(27)34/h4-5,9-10,12,14-15,21-22H,3,6-8,11H2,1-2H3,(H2,27,34)(H2,28,29,30,31). The van der Waals surface area contributed by atoms with Crippen molar-refractivity contribution in [3.63, 3.8) is 0 Å². The molecule has 1 aliphatic heterocycles. The molecule has 2 amide bonds. The Labute approximate surface area is 214 Å². The number of carbonyl (C=O) groups excluding carboxylic acids is 2. The average molecular weight is 513 g/mol. The van der Waals surface area contributed by atoms with E-state index in [9.17, 15) is 9.59 Å². The number of nitrogens with zero attached hydrogens (tertiary/aromatic N) is 3. The van der Waals surface area contributed by atoms with Gasteiger partial charge in [-0.05, 0) is 43.0 Å². The summed E-state index contributed by atoms with van der Waals surface area (Å²) in [5, 5.41) is 6.93. The number of halogens is 1. The SMILES string of the molecule is CCN1CCc2cc(Nc3ncc(Cl)c(NC4C5C=CC(C5)C4OC(N)=O)n3)c(OC)cc2CC1=O. The monoisotopic (exact) mass is 512 g/mol. The lowest BCUT2D eigenvalue weighted by molar-refractivity contribution is -0.130. The lowest BCUT2D eigenvalue weighted by Gasteiger charge is -2.28. The van der Waals surface area contributed by atoms with Gasteiger partial charge in [0, 0.05) is 24.9 Å². The van der Waals surface area contributed by atoms with Crippen LogP contribution in [0.1, 0.15) is 24.5 Å². The summed E-state index contributed by atoms with van der Waals surface area (Å²) in [6.45, 7) is 3.35. The number of aromatic nitrogens is 2. The number of carbonyl (C=O) groups is 2. The topological polar surface area (TPSA) is 132 Å². The predicted octanol–water partition coefficient (Wildman–Crippen LogP) is 3.28. The summed E-state index contributed by atoms with van der Waals surface area (Å²) in [7, 11) is 1.58. The lowest BCUT2D eigenvalue weighted by atomic mass is 9.98. The fourth-order valence-electron chi connectivity index (χ4n) is 5.39. The zero-order valence-corrected chi connectivity index (χ0v) is 20.9. The zero-order chi connectivity index (χ0) is 25.4. The first kappa shape index (κ1) is 24.2. The maximum atomic E-state index is 12.5. The molecule has 10 nitrogen and oxygen atoms in total. The molecule has 4 N–H and O–H groups in total. The second-order valence-corrected chi connectivity index (χ2v) is 9.66. The molecular weight excluding hydrogens is 484 g/mol. The van der Waals surface area contributed by atoms with E-state index in [1.165, 1.54) is 6.20 Å². The third kappa shape index (κ3) is 4.65. The van der Waals surface area contributed by atoms with E-state index < -0.39 is 12.2 Å². The molecule has 0 radical (unpaired) electrons. The van der Waals surface area contributed by atoms with E-state index in [2.05, 4.69) is 32.8 Å². The van der Waals surface area contributed by atoms with Crippen molar-refractivity contribution in [2.24, 2.45) is 17.6 Å². The highest BCUT2D eigenvalue weighted by atomic mass is 35.5. The number of fused-ring (bicyclic) bond motifs is 3. The Bertz CT molecular complexity index is 1220. The van der Waals surface area contributed by atoms with Gasteiger partial charge < -0.3 is 30.7 Å². The second-order valence-electron chi connectivity index (χ2n) is 9.26. The highest BCUT2D eigenvalue weighted by Gasteiger charge is 2.47. The Morgan fingerprint density at radius 1 is 1.28 bits per heavy atom. The number of hydrogen-bond acceptors (Lipinski definition) is 8. The Hall–Kier alpha value is -3.53. The van der Waals surface area contributed by atoms with Crippen molar-refractivity contribution < 1.29 is 19.1 Å². The van der Waals surface area contributed by atoms with Crippen molar-refractivity contribution in [1.82, 2.24) is 14.9 Å². The predicted molar refractivity (Wildman–Crippen MR) is 136 cm³/mol. The van der Waals surface area contributed by atoms with Crippen molar-refractivity contribution in [3.05, 3.63) is 46.6 Å². The minimum Gasteiger partial charge on any atom is -0.495 e. The number of anilines is 3. The fraction of sp³-hybridized carbons (Fsp3) is 0.440. The van der Waals surface area contributed by atoms with Gasteiger partial charge in [-0.1, -0.05) is 23.8 Å². The molecule has 3 aliphatic rings. The summed E-state index contributed by atoms with van der Waals surface area (Å²) in [5.41, 5.74) is 8.03. The Morgan fingerprint density at radius 2 is 2.08 bits per heavy atom. The van der Waals surface area contributed by atoms with E-state index in [0.717, 1.165) is 24.0 Å². The van der Waals surface area contributed by atoms with Gasteiger partial charge in [-0.15, -0.1) is 0 Å². The molecule has 4 atom stereocenters. The number of rotatable bonds is 7. The molecule has 11 heteroatoms. The largest absolute Gasteiger partial charge is 0.495 e. The third-order valence-electron chi connectivity index (χ3n) is 7.18. The van der Waals surface area contributed by atoms with E-state index in [-0.39, 0.29) is 23.8 Å². The number of benzene rings is 1. The van der Waals surface area contributed by atoms with Gasteiger partial charge in [0.25, 0.3) is 0 Å². The molecule has 0 spiro atoms. The summed E-state index contributed by atoms with van der Waals surface area (Å²) in [5.74, 6) is 1.74.